The molecule has 2 aromatic rings. The minimum atomic E-state index is -0.114. The first kappa shape index (κ1) is 14.7. The summed E-state index contributed by atoms with van der Waals surface area (Å²) >= 11 is 5.97. The summed E-state index contributed by atoms with van der Waals surface area (Å²) in [6.45, 7) is 1.66. The molecule has 0 aliphatic carbocycles. The second-order valence-electron chi connectivity index (χ2n) is 5.60. The fourth-order valence-electron chi connectivity index (χ4n) is 2.81. The average Bonchev–Trinajstić information content (AvgIpc) is 2.94. The fourth-order valence-corrected chi connectivity index (χ4v) is 2.99. The molecule has 0 radical (unpaired) electrons. The summed E-state index contributed by atoms with van der Waals surface area (Å²) in [6.07, 6.45) is 1.76. The Bertz CT molecular complexity index is 733. The zero-order chi connectivity index (χ0) is 15.5. The summed E-state index contributed by atoms with van der Waals surface area (Å²) in [5, 5.41) is 13.6. The van der Waals surface area contributed by atoms with Crippen molar-refractivity contribution in [3.8, 4) is 6.07 Å². The van der Waals surface area contributed by atoms with E-state index in [2.05, 4.69) is 16.4 Å². The highest BCUT2D eigenvalue weighted by atomic mass is 35.5. The number of piperidine rings is 1. The van der Waals surface area contributed by atoms with Crippen LogP contribution in [-0.4, -0.2) is 29.0 Å². The van der Waals surface area contributed by atoms with Gasteiger partial charge in [0.15, 0.2) is 0 Å². The van der Waals surface area contributed by atoms with E-state index in [1.54, 1.807) is 4.90 Å². The quantitative estimate of drug-likeness (QED) is 0.892. The van der Waals surface area contributed by atoms with Crippen LogP contribution in [0.2, 0.25) is 5.02 Å². The Morgan fingerprint density at radius 1 is 1.50 bits per heavy atom. The molecule has 3 rings (SSSR count). The van der Waals surface area contributed by atoms with Crippen molar-refractivity contribution < 1.29 is 4.79 Å². The number of urea groups is 1. The van der Waals surface area contributed by atoms with Crippen LogP contribution in [0.15, 0.2) is 24.3 Å². The molecule has 1 aliphatic heterocycles. The van der Waals surface area contributed by atoms with Crippen molar-refractivity contribution in [3.05, 3.63) is 35.0 Å². The third-order valence-corrected chi connectivity index (χ3v) is 4.19. The van der Waals surface area contributed by atoms with Crippen LogP contribution in [0.1, 0.15) is 18.5 Å². The van der Waals surface area contributed by atoms with E-state index >= 15 is 0 Å². The van der Waals surface area contributed by atoms with Gasteiger partial charge in [-0.2, -0.15) is 5.26 Å². The zero-order valence-electron chi connectivity index (χ0n) is 12.1. The number of H-pyrrole nitrogens is 1. The fraction of sp³-hybridized carbons (Fsp3) is 0.375. The van der Waals surface area contributed by atoms with Gasteiger partial charge in [-0.1, -0.05) is 11.6 Å². The lowest BCUT2D eigenvalue weighted by atomic mass is 10.0. The number of amides is 2. The van der Waals surface area contributed by atoms with E-state index in [4.69, 9.17) is 16.9 Å². The topological polar surface area (TPSA) is 71.9 Å². The standard InChI is InChI=1S/C16H17ClN4O/c17-13-3-4-15-12(6-13)7-14(20-15)9-19-16(22)21-5-1-2-11(8-18)10-21/h3-4,6-7,11,20H,1-2,5,9-10H2,(H,19,22). The van der Waals surface area contributed by atoms with Gasteiger partial charge in [0, 0.05) is 34.7 Å². The van der Waals surface area contributed by atoms with Crippen LogP contribution in [0.3, 0.4) is 0 Å². The van der Waals surface area contributed by atoms with Crippen LogP contribution in [0, 0.1) is 17.2 Å². The van der Waals surface area contributed by atoms with Crippen LogP contribution in [0.4, 0.5) is 4.79 Å². The minimum Gasteiger partial charge on any atom is -0.357 e. The van der Waals surface area contributed by atoms with E-state index in [-0.39, 0.29) is 11.9 Å². The molecular formula is C16H17ClN4O. The Labute approximate surface area is 133 Å². The Kier molecular flexibility index (Phi) is 4.21. The predicted molar refractivity (Wildman–Crippen MR) is 85.5 cm³/mol. The second kappa shape index (κ2) is 6.29. The summed E-state index contributed by atoms with van der Waals surface area (Å²) in [5.74, 6) is -0.0466. The maximum Gasteiger partial charge on any atom is 0.317 e. The smallest absolute Gasteiger partial charge is 0.317 e. The van der Waals surface area contributed by atoms with Gasteiger partial charge in [0.05, 0.1) is 18.5 Å². The number of carbonyl (C=O) groups is 1. The molecule has 0 saturated carbocycles. The highest BCUT2D eigenvalue weighted by Gasteiger charge is 2.23. The largest absolute Gasteiger partial charge is 0.357 e. The minimum absolute atomic E-state index is 0.0466. The third-order valence-electron chi connectivity index (χ3n) is 3.96. The van der Waals surface area contributed by atoms with E-state index in [1.807, 2.05) is 24.3 Å². The highest BCUT2D eigenvalue weighted by Crippen LogP contribution is 2.20. The summed E-state index contributed by atoms with van der Waals surface area (Å²) in [6, 6.07) is 9.76. The van der Waals surface area contributed by atoms with Crippen molar-refractivity contribution in [2.75, 3.05) is 13.1 Å². The second-order valence-corrected chi connectivity index (χ2v) is 6.04. The SMILES string of the molecule is N#CC1CCCN(C(=O)NCc2cc3cc(Cl)ccc3[nH]2)C1. The highest BCUT2D eigenvalue weighted by molar-refractivity contribution is 6.31. The number of fused-ring (bicyclic) bond motifs is 1. The van der Waals surface area contributed by atoms with E-state index in [0.29, 0.717) is 24.7 Å². The molecular weight excluding hydrogens is 300 g/mol. The number of aromatic amines is 1. The lowest BCUT2D eigenvalue weighted by molar-refractivity contribution is 0.176. The van der Waals surface area contributed by atoms with Gasteiger partial charge in [-0.15, -0.1) is 0 Å². The number of hydrogen-bond donors (Lipinski definition) is 2. The van der Waals surface area contributed by atoms with Crippen molar-refractivity contribution in [3.63, 3.8) is 0 Å². The Morgan fingerprint density at radius 2 is 2.36 bits per heavy atom. The number of aromatic nitrogens is 1. The van der Waals surface area contributed by atoms with Crippen LogP contribution < -0.4 is 5.32 Å². The van der Waals surface area contributed by atoms with E-state index in [1.165, 1.54) is 0 Å². The van der Waals surface area contributed by atoms with Crippen molar-refractivity contribution in [1.29, 1.82) is 5.26 Å². The maximum atomic E-state index is 12.2. The third kappa shape index (κ3) is 3.18. The lowest BCUT2D eigenvalue weighted by Gasteiger charge is -2.29. The molecule has 6 heteroatoms. The Hall–Kier alpha value is -2.19. The van der Waals surface area contributed by atoms with E-state index in [0.717, 1.165) is 29.4 Å². The number of nitrogens with one attached hydrogen (secondary N) is 2. The molecule has 1 saturated heterocycles. The number of rotatable bonds is 2. The van der Waals surface area contributed by atoms with Crippen LogP contribution in [0.5, 0.6) is 0 Å². The van der Waals surface area contributed by atoms with Crippen molar-refractivity contribution in [2.45, 2.75) is 19.4 Å². The number of carbonyl (C=O) groups excluding carboxylic acids is 1. The van der Waals surface area contributed by atoms with Gasteiger partial charge in [0.25, 0.3) is 0 Å². The molecule has 0 spiro atoms. The van der Waals surface area contributed by atoms with Crippen LogP contribution >= 0.6 is 11.6 Å². The molecule has 22 heavy (non-hydrogen) atoms. The van der Waals surface area contributed by atoms with Crippen molar-refractivity contribution >= 4 is 28.5 Å². The lowest BCUT2D eigenvalue weighted by Crippen LogP contribution is -2.45. The molecule has 114 valence electrons. The zero-order valence-corrected chi connectivity index (χ0v) is 12.9. The number of halogens is 1. The average molecular weight is 317 g/mol. The molecule has 2 heterocycles. The summed E-state index contributed by atoms with van der Waals surface area (Å²) in [7, 11) is 0. The predicted octanol–water partition coefficient (Wildman–Crippen LogP) is 3.27. The molecule has 1 fully saturated rings. The summed E-state index contributed by atoms with van der Waals surface area (Å²) < 4.78 is 0. The van der Waals surface area contributed by atoms with Crippen molar-refractivity contribution in [2.24, 2.45) is 5.92 Å². The molecule has 1 aliphatic rings. The molecule has 1 atom stereocenters. The first-order valence-electron chi connectivity index (χ1n) is 7.35. The molecule has 2 N–H and O–H groups in total. The normalized spacial score (nSPS) is 18.2. The van der Waals surface area contributed by atoms with Crippen LogP contribution in [-0.2, 0) is 6.54 Å². The van der Waals surface area contributed by atoms with Crippen LogP contribution in [0.25, 0.3) is 10.9 Å². The Morgan fingerprint density at radius 3 is 3.18 bits per heavy atom. The number of hydrogen-bond acceptors (Lipinski definition) is 2. The number of nitriles is 1. The molecule has 1 unspecified atom stereocenters. The Balaban J connectivity index is 1.61. The van der Waals surface area contributed by atoms with Gasteiger partial charge in [-0.3, -0.25) is 0 Å². The van der Waals surface area contributed by atoms with Gasteiger partial charge in [-0.05, 0) is 37.1 Å². The molecule has 1 aromatic heterocycles. The summed E-state index contributed by atoms with van der Waals surface area (Å²) in [5.41, 5.74) is 1.93. The van der Waals surface area contributed by atoms with E-state index in [9.17, 15) is 4.79 Å². The molecule has 1 aromatic carbocycles. The van der Waals surface area contributed by atoms with E-state index < -0.39 is 0 Å². The number of likely N-dealkylation sites (tertiary alicyclic amines) is 1. The first-order chi connectivity index (χ1) is 10.7. The molecule has 2 amide bonds. The number of nitrogens with zero attached hydrogens (tertiary/aromatic N) is 2. The van der Waals surface area contributed by atoms with Gasteiger partial charge in [-0.25, -0.2) is 4.79 Å². The molecule has 0 bridgehead atoms. The first-order valence-corrected chi connectivity index (χ1v) is 7.73. The van der Waals surface area contributed by atoms with Crippen molar-refractivity contribution in [1.82, 2.24) is 15.2 Å². The van der Waals surface area contributed by atoms with Gasteiger partial charge in [0.2, 0.25) is 0 Å². The number of benzene rings is 1. The van der Waals surface area contributed by atoms with Gasteiger partial charge < -0.3 is 15.2 Å². The summed E-state index contributed by atoms with van der Waals surface area (Å²) in [4.78, 5) is 17.1. The monoisotopic (exact) mass is 316 g/mol. The van der Waals surface area contributed by atoms with Gasteiger partial charge in [0.1, 0.15) is 0 Å². The maximum absolute atomic E-state index is 12.2. The van der Waals surface area contributed by atoms with Gasteiger partial charge >= 0.3 is 6.03 Å². The molecule has 5 nitrogen and oxygen atoms in total.